The summed E-state index contributed by atoms with van der Waals surface area (Å²) in [6.07, 6.45) is 3.70. The molecule has 0 spiro atoms. The summed E-state index contributed by atoms with van der Waals surface area (Å²) in [5.74, 6) is 0.730. The topological polar surface area (TPSA) is 32.3 Å². The van der Waals surface area contributed by atoms with Gasteiger partial charge in [-0.05, 0) is 98.6 Å². The number of nitrogens with one attached hydrogen (secondary N) is 1. The first-order valence-corrected chi connectivity index (χ1v) is 11.3. The number of benzene rings is 3. The molecule has 0 bridgehead atoms. The number of piperidine rings is 1. The maximum absolute atomic E-state index is 12.6. The van der Waals surface area contributed by atoms with Crippen molar-refractivity contribution >= 4 is 11.6 Å². The van der Waals surface area contributed by atoms with E-state index >= 15 is 0 Å². The molecule has 1 N–H and O–H groups in total. The Morgan fingerprint density at radius 1 is 0.871 bits per heavy atom. The minimum atomic E-state index is -0.0572. The maximum atomic E-state index is 12.6. The van der Waals surface area contributed by atoms with E-state index in [0.717, 1.165) is 42.4 Å². The van der Waals surface area contributed by atoms with Gasteiger partial charge in [0.2, 0.25) is 0 Å². The third-order valence-electron chi connectivity index (χ3n) is 6.18. The fourth-order valence-corrected chi connectivity index (χ4v) is 4.57. The summed E-state index contributed by atoms with van der Waals surface area (Å²) in [7, 11) is 0. The molecule has 1 saturated heterocycles. The summed E-state index contributed by atoms with van der Waals surface area (Å²) in [5, 5.41) is 3.02. The van der Waals surface area contributed by atoms with Crippen molar-refractivity contribution in [3.63, 3.8) is 0 Å². The van der Waals surface area contributed by atoms with E-state index in [9.17, 15) is 4.79 Å². The molecule has 0 aromatic heterocycles. The van der Waals surface area contributed by atoms with Gasteiger partial charge >= 0.3 is 0 Å². The van der Waals surface area contributed by atoms with Gasteiger partial charge in [-0.25, -0.2) is 0 Å². The van der Waals surface area contributed by atoms with Gasteiger partial charge in [0.25, 0.3) is 5.91 Å². The van der Waals surface area contributed by atoms with Crippen LogP contribution in [-0.4, -0.2) is 23.9 Å². The van der Waals surface area contributed by atoms with E-state index in [-0.39, 0.29) is 5.91 Å². The summed E-state index contributed by atoms with van der Waals surface area (Å²) in [6, 6.07) is 25.0. The number of amides is 1. The lowest BCUT2D eigenvalue weighted by Crippen LogP contribution is -2.33. The first-order chi connectivity index (χ1) is 15.0. The third kappa shape index (κ3) is 6.05. The standard InChI is InChI=1S/C28H32N2O/c1-21-16-22(2)18-27(17-21)29-28(31)26-10-8-25(9-11-26)20-30-14-12-24(13-15-30)19-23-6-4-3-5-7-23/h3-11,16-18,24H,12-15,19-20H2,1-2H3,(H,29,31). The Labute approximate surface area is 186 Å². The van der Waals surface area contributed by atoms with Gasteiger partial charge in [-0.3, -0.25) is 9.69 Å². The van der Waals surface area contributed by atoms with E-state index in [1.165, 1.54) is 30.4 Å². The molecule has 0 radical (unpaired) electrons. The van der Waals surface area contributed by atoms with Crippen LogP contribution < -0.4 is 5.32 Å². The highest BCUT2D eigenvalue weighted by molar-refractivity contribution is 6.04. The van der Waals surface area contributed by atoms with Crippen LogP contribution in [0, 0.1) is 19.8 Å². The number of anilines is 1. The van der Waals surface area contributed by atoms with E-state index in [0.29, 0.717) is 5.56 Å². The molecule has 1 fully saturated rings. The number of hydrogen-bond donors (Lipinski definition) is 1. The molecule has 3 aromatic carbocycles. The minimum Gasteiger partial charge on any atom is -0.322 e. The minimum absolute atomic E-state index is 0.0572. The Balaban J connectivity index is 1.27. The molecule has 1 amide bonds. The van der Waals surface area contributed by atoms with Gasteiger partial charge in [-0.1, -0.05) is 48.5 Å². The van der Waals surface area contributed by atoms with Crippen LogP contribution >= 0.6 is 0 Å². The van der Waals surface area contributed by atoms with Crippen LogP contribution in [0.2, 0.25) is 0 Å². The van der Waals surface area contributed by atoms with Crippen LogP contribution in [0.15, 0.2) is 72.8 Å². The largest absolute Gasteiger partial charge is 0.322 e. The Morgan fingerprint density at radius 2 is 1.52 bits per heavy atom. The van der Waals surface area contributed by atoms with Gasteiger partial charge in [0.1, 0.15) is 0 Å². The molecular formula is C28H32N2O. The molecule has 0 aliphatic carbocycles. The molecule has 31 heavy (non-hydrogen) atoms. The summed E-state index contributed by atoms with van der Waals surface area (Å²) in [5.41, 5.74) is 6.57. The lowest BCUT2D eigenvalue weighted by molar-refractivity contribution is 0.102. The van der Waals surface area contributed by atoms with Gasteiger partial charge in [0.15, 0.2) is 0 Å². The van der Waals surface area contributed by atoms with Crippen LogP contribution in [0.3, 0.4) is 0 Å². The number of carbonyl (C=O) groups is 1. The molecule has 0 saturated carbocycles. The fraction of sp³-hybridized carbons (Fsp3) is 0.321. The lowest BCUT2D eigenvalue weighted by Gasteiger charge is -2.32. The van der Waals surface area contributed by atoms with Crippen LogP contribution in [0.1, 0.15) is 45.5 Å². The zero-order valence-electron chi connectivity index (χ0n) is 18.6. The van der Waals surface area contributed by atoms with E-state index in [4.69, 9.17) is 0 Å². The Kier molecular flexibility index (Phi) is 6.83. The first kappa shape index (κ1) is 21.3. The van der Waals surface area contributed by atoms with E-state index < -0.39 is 0 Å². The normalized spacial score (nSPS) is 15.0. The van der Waals surface area contributed by atoms with Crippen molar-refractivity contribution in [2.75, 3.05) is 18.4 Å². The average Bonchev–Trinajstić information content (AvgIpc) is 2.76. The van der Waals surface area contributed by atoms with Gasteiger partial charge in [-0.2, -0.15) is 0 Å². The third-order valence-corrected chi connectivity index (χ3v) is 6.18. The quantitative estimate of drug-likeness (QED) is 0.538. The molecule has 1 aliphatic heterocycles. The van der Waals surface area contributed by atoms with Crippen LogP contribution in [-0.2, 0) is 13.0 Å². The molecule has 0 atom stereocenters. The highest BCUT2D eigenvalue weighted by Crippen LogP contribution is 2.23. The molecular weight excluding hydrogens is 380 g/mol. The fourth-order valence-electron chi connectivity index (χ4n) is 4.57. The van der Waals surface area contributed by atoms with Crippen molar-refractivity contribution in [2.45, 2.75) is 39.7 Å². The second-order valence-corrected chi connectivity index (χ2v) is 8.94. The van der Waals surface area contributed by atoms with Crippen molar-refractivity contribution in [2.24, 2.45) is 5.92 Å². The van der Waals surface area contributed by atoms with Gasteiger partial charge in [0, 0.05) is 17.8 Å². The molecule has 3 aromatic rings. The summed E-state index contributed by atoms with van der Waals surface area (Å²) in [6.45, 7) is 7.33. The molecule has 3 nitrogen and oxygen atoms in total. The predicted octanol–water partition coefficient (Wildman–Crippen LogP) is 6.01. The molecule has 1 aliphatic rings. The van der Waals surface area contributed by atoms with Crippen LogP contribution in [0.25, 0.3) is 0 Å². The van der Waals surface area contributed by atoms with Crippen LogP contribution in [0.4, 0.5) is 5.69 Å². The summed E-state index contributed by atoms with van der Waals surface area (Å²) >= 11 is 0. The van der Waals surface area contributed by atoms with Crippen molar-refractivity contribution in [3.8, 4) is 0 Å². The molecule has 0 unspecified atom stereocenters. The second-order valence-electron chi connectivity index (χ2n) is 8.94. The average molecular weight is 413 g/mol. The Bertz CT molecular complexity index is 983. The molecule has 3 heteroatoms. The van der Waals surface area contributed by atoms with Crippen molar-refractivity contribution in [1.29, 1.82) is 0 Å². The smallest absolute Gasteiger partial charge is 0.255 e. The van der Waals surface area contributed by atoms with E-state index in [1.54, 1.807) is 0 Å². The first-order valence-electron chi connectivity index (χ1n) is 11.3. The highest BCUT2D eigenvalue weighted by atomic mass is 16.1. The van der Waals surface area contributed by atoms with Crippen molar-refractivity contribution in [1.82, 2.24) is 4.90 Å². The molecule has 160 valence electrons. The van der Waals surface area contributed by atoms with Crippen LogP contribution in [0.5, 0.6) is 0 Å². The number of aryl methyl sites for hydroxylation is 2. The zero-order valence-corrected chi connectivity index (χ0v) is 18.6. The van der Waals surface area contributed by atoms with E-state index in [1.807, 2.05) is 38.1 Å². The SMILES string of the molecule is Cc1cc(C)cc(NC(=O)c2ccc(CN3CCC(Cc4ccccc4)CC3)cc2)c1. The molecule has 4 rings (SSSR count). The van der Waals surface area contributed by atoms with Gasteiger partial charge in [-0.15, -0.1) is 0 Å². The second kappa shape index (κ2) is 9.93. The Hall–Kier alpha value is -2.91. The maximum Gasteiger partial charge on any atom is 0.255 e. The highest BCUT2D eigenvalue weighted by Gasteiger charge is 2.19. The van der Waals surface area contributed by atoms with Crippen molar-refractivity contribution < 1.29 is 4.79 Å². The number of nitrogens with zero attached hydrogens (tertiary/aromatic N) is 1. The summed E-state index contributed by atoms with van der Waals surface area (Å²) in [4.78, 5) is 15.1. The van der Waals surface area contributed by atoms with E-state index in [2.05, 4.69) is 58.7 Å². The lowest BCUT2D eigenvalue weighted by atomic mass is 9.90. The van der Waals surface area contributed by atoms with Gasteiger partial charge in [0.05, 0.1) is 0 Å². The molecule has 1 heterocycles. The van der Waals surface area contributed by atoms with Crippen molar-refractivity contribution in [3.05, 3.63) is 101 Å². The number of likely N-dealkylation sites (tertiary alicyclic amines) is 1. The zero-order chi connectivity index (χ0) is 21.6. The Morgan fingerprint density at radius 3 is 2.16 bits per heavy atom. The number of hydrogen-bond acceptors (Lipinski definition) is 2. The number of rotatable bonds is 6. The predicted molar refractivity (Wildman–Crippen MR) is 128 cm³/mol. The van der Waals surface area contributed by atoms with Gasteiger partial charge < -0.3 is 5.32 Å². The summed E-state index contributed by atoms with van der Waals surface area (Å²) < 4.78 is 0. The monoisotopic (exact) mass is 412 g/mol. The number of carbonyl (C=O) groups excluding carboxylic acids is 1.